The third-order valence-corrected chi connectivity index (χ3v) is 3.05. The lowest BCUT2D eigenvalue weighted by molar-refractivity contribution is -0.148. The van der Waals surface area contributed by atoms with Crippen LogP contribution in [0.2, 0.25) is 0 Å². The third-order valence-electron chi connectivity index (χ3n) is 3.05. The Kier molecular flexibility index (Phi) is 6.86. The summed E-state index contributed by atoms with van der Waals surface area (Å²) >= 11 is 0. The van der Waals surface area contributed by atoms with Crippen molar-refractivity contribution in [1.82, 2.24) is 4.90 Å². The van der Waals surface area contributed by atoms with Crippen LogP contribution in [0.5, 0.6) is 0 Å². The fourth-order valence-corrected chi connectivity index (χ4v) is 2.27. The van der Waals surface area contributed by atoms with Gasteiger partial charge in [0.05, 0.1) is 25.3 Å². The number of nitrogens with zero attached hydrogens (tertiary/aromatic N) is 1. The molecule has 1 heterocycles. The first kappa shape index (κ1) is 19.0. The van der Waals surface area contributed by atoms with E-state index in [1.165, 1.54) is 0 Å². The van der Waals surface area contributed by atoms with Crippen LogP contribution in [-0.4, -0.2) is 55.1 Å². The molecule has 9 heteroatoms. The van der Waals surface area contributed by atoms with Crippen LogP contribution in [0, 0.1) is 0 Å². The molecule has 0 aliphatic carbocycles. The number of hydrogen-bond donors (Lipinski definition) is 0. The Bertz CT molecular complexity index is 342. The number of alkyl halides is 4. The predicted molar refractivity (Wildman–Crippen MR) is 68.8 cm³/mol. The van der Waals surface area contributed by atoms with Gasteiger partial charge in [-0.05, 0) is 33.6 Å². The van der Waals surface area contributed by atoms with Crippen LogP contribution in [0.15, 0.2) is 0 Å². The van der Waals surface area contributed by atoms with Crippen LogP contribution < -0.4 is 0 Å². The molecule has 1 aliphatic rings. The van der Waals surface area contributed by atoms with Crippen LogP contribution in [-0.2, 0) is 14.2 Å². The average Bonchev–Trinajstić information content (AvgIpc) is 2.74. The SMILES string of the molecule is CC(C)(C)OC(=O)N1C(COC(F)F)CCC1COC(F)F. The fraction of sp³-hybridized carbons (Fsp3) is 0.923. The number of carbonyl (C=O) groups is 1. The van der Waals surface area contributed by atoms with Gasteiger partial charge in [-0.3, -0.25) is 4.90 Å². The van der Waals surface area contributed by atoms with E-state index in [1.54, 1.807) is 20.8 Å². The molecule has 0 bridgehead atoms. The number of halogens is 4. The van der Waals surface area contributed by atoms with E-state index >= 15 is 0 Å². The highest BCUT2D eigenvalue weighted by Crippen LogP contribution is 2.28. The molecule has 0 saturated carbocycles. The molecule has 0 radical (unpaired) electrons. The van der Waals surface area contributed by atoms with E-state index in [-0.39, 0.29) is 13.2 Å². The van der Waals surface area contributed by atoms with Crippen molar-refractivity contribution in [2.75, 3.05) is 13.2 Å². The summed E-state index contributed by atoms with van der Waals surface area (Å²) in [5.74, 6) is 0. The van der Waals surface area contributed by atoms with Crippen molar-refractivity contribution < 1.29 is 36.6 Å². The molecule has 1 amide bonds. The highest BCUT2D eigenvalue weighted by atomic mass is 19.3. The van der Waals surface area contributed by atoms with E-state index in [1.807, 2.05) is 0 Å². The molecule has 0 aromatic rings. The van der Waals surface area contributed by atoms with Crippen molar-refractivity contribution in [2.24, 2.45) is 0 Å². The smallest absolute Gasteiger partial charge is 0.410 e. The molecule has 1 fully saturated rings. The Labute approximate surface area is 126 Å². The Balaban J connectivity index is 2.74. The van der Waals surface area contributed by atoms with Crippen LogP contribution in [0.1, 0.15) is 33.6 Å². The summed E-state index contributed by atoms with van der Waals surface area (Å²) in [5, 5.41) is 0. The number of rotatable bonds is 6. The largest absolute Gasteiger partial charge is 0.444 e. The molecule has 0 N–H and O–H groups in total. The Morgan fingerprint density at radius 1 is 1.05 bits per heavy atom. The van der Waals surface area contributed by atoms with Gasteiger partial charge < -0.3 is 14.2 Å². The van der Waals surface area contributed by atoms with E-state index in [0.717, 1.165) is 4.90 Å². The van der Waals surface area contributed by atoms with Crippen molar-refractivity contribution in [2.45, 2.75) is 64.5 Å². The minimum Gasteiger partial charge on any atom is -0.444 e. The molecule has 2 unspecified atom stereocenters. The number of amides is 1. The zero-order chi connectivity index (χ0) is 16.9. The van der Waals surface area contributed by atoms with E-state index in [9.17, 15) is 22.4 Å². The molecule has 2 atom stereocenters. The second kappa shape index (κ2) is 7.96. The Morgan fingerprint density at radius 2 is 1.45 bits per heavy atom. The molecule has 5 nitrogen and oxygen atoms in total. The van der Waals surface area contributed by atoms with E-state index in [2.05, 4.69) is 9.47 Å². The molecule has 0 aromatic carbocycles. The maximum absolute atomic E-state index is 12.2. The van der Waals surface area contributed by atoms with E-state index < -0.39 is 37.0 Å². The monoisotopic (exact) mass is 331 g/mol. The van der Waals surface area contributed by atoms with Crippen molar-refractivity contribution in [1.29, 1.82) is 0 Å². The molecule has 22 heavy (non-hydrogen) atoms. The molecule has 0 aromatic heterocycles. The lowest BCUT2D eigenvalue weighted by atomic mass is 10.2. The highest BCUT2D eigenvalue weighted by molar-refractivity contribution is 5.69. The topological polar surface area (TPSA) is 48.0 Å². The lowest BCUT2D eigenvalue weighted by Gasteiger charge is -2.32. The number of carbonyl (C=O) groups excluding carboxylic acids is 1. The molecule has 1 saturated heterocycles. The summed E-state index contributed by atoms with van der Waals surface area (Å²) in [6.07, 6.45) is -0.0531. The first-order valence-corrected chi connectivity index (χ1v) is 6.91. The number of ether oxygens (including phenoxy) is 3. The van der Waals surface area contributed by atoms with Gasteiger partial charge in [0.1, 0.15) is 5.60 Å². The molecular formula is C13H21F4NO4. The van der Waals surface area contributed by atoms with Crippen LogP contribution >= 0.6 is 0 Å². The van der Waals surface area contributed by atoms with Crippen LogP contribution in [0.3, 0.4) is 0 Å². The van der Waals surface area contributed by atoms with Gasteiger partial charge >= 0.3 is 19.3 Å². The standard InChI is InChI=1S/C13H21F4NO4/c1-13(2,3)22-12(19)18-8(6-20-10(14)15)4-5-9(18)7-21-11(16)17/h8-11H,4-7H2,1-3H3. The van der Waals surface area contributed by atoms with Crippen molar-refractivity contribution >= 4 is 6.09 Å². The van der Waals surface area contributed by atoms with Gasteiger partial charge in [-0.2, -0.15) is 17.6 Å². The second-order valence-electron chi connectivity index (χ2n) is 5.96. The lowest BCUT2D eigenvalue weighted by Crippen LogP contribution is -2.47. The van der Waals surface area contributed by atoms with Crippen LogP contribution in [0.25, 0.3) is 0 Å². The van der Waals surface area contributed by atoms with Gasteiger partial charge in [-0.25, -0.2) is 4.79 Å². The average molecular weight is 331 g/mol. The number of hydrogen-bond acceptors (Lipinski definition) is 4. The van der Waals surface area contributed by atoms with Crippen molar-refractivity contribution in [3.8, 4) is 0 Å². The van der Waals surface area contributed by atoms with Crippen LogP contribution in [0.4, 0.5) is 22.4 Å². The Hall–Kier alpha value is -1.09. The predicted octanol–water partition coefficient (Wildman–Crippen LogP) is 3.23. The van der Waals surface area contributed by atoms with Gasteiger partial charge in [0.2, 0.25) is 0 Å². The maximum Gasteiger partial charge on any atom is 0.410 e. The maximum atomic E-state index is 12.2. The summed E-state index contributed by atoms with van der Waals surface area (Å²) in [6, 6.07) is -1.31. The first-order chi connectivity index (χ1) is 10.1. The van der Waals surface area contributed by atoms with E-state index in [0.29, 0.717) is 12.8 Å². The summed E-state index contributed by atoms with van der Waals surface area (Å²) in [7, 11) is 0. The van der Waals surface area contributed by atoms with Crippen molar-refractivity contribution in [3.63, 3.8) is 0 Å². The van der Waals surface area contributed by atoms with Gasteiger partial charge in [0, 0.05) is 0 Å². The molecular weight excluding hydrogens is 310 g/mol. The van der Waals surface area contributed by atoms with Gasteiger partial charge in [-0.15, -0.1) is 0 Å². The normalized spacial score (nSPS) is 22.7. The third kappa shape index (κ3) is 6.35. The number of likely N-dealkylation sites (tertiary alicyclic amines) is 1. The Morgan fingerprint density at radius 3 is 1.77 bits per heavy atom. The fourth-order valence-electron chi connectivity index (χ4n) is 2.27. The minimum atomic E-state index is -2.96. The highest BCUT2D eigenvalue weighted by Gasteiger charge is 2.40. The molecule has 130 valence electrons. The van der Waals surface area contributed by atoms with Crippen molar-refractivity contribution in [3.05, 3.63) is 0 Å². The zero-order valence-electron chi connectivity index (χ0n) is 12.7. The molecule has 1 rings (SSSR count). The van der Waals surface area contributed by atoms with Gasteiger partial charge in [0.15, 0.2) is 0 Å². The van der Waals surface area contributed by atoms with E-state index in [4.69, 9.17) is 4.74 Å². The summed E-state index contributed by atoms with van der Waals surface area (Å²) in [6.45, 7) is -1.75. The second-order valence-corrected chi connectivity index (χ2v) is 5.96. The van der Waals surface area contributed by atoms with Gasteiger partial charge in [-0.1, -0.05) is 0 Å². The summed E-state index contributed by atoms with van der Waals surface area (Å²) in [4.78, 5) is 13.4. The molecule has 0 spiro atoms. The minimum absolute atomic E-state index is 0.350. The quantitative estimate of drug-likeness (QED) is 0.701. The van der Waals surface area contributed by atoms with Gasteiger partial charge in [0.25, 0.3) is 0 Å². The first-order valence-electron chi connectivity index (χ1n) is 6.91. The zero-order valence-corrected chi connectivity index (χ0v) is 12.7. The molecule has 1 aliphatic heterocycles. The summed E-state index contributed by atoms with van der Waals surface area (Å²) in [5.41, 5.74) is -0.790. The summed E-state index contributed by atoms with van der Waals surface area (Å²) < 4.78 is 62.3.